The smallest absolute Gasteiger partial charge is 0.124 e. The summed E-state index contributed by atoms with van der Waals surface area (Å²) >= 11 is 0. The Labute approximate surface area is 102 Å². The van der Waals surface area contributed by atoms with E-state index >= 15 is 0 Å². The second-order valence-corrected chi connectivity index (χ2v) is 3.87. The fourth-order valence-electron chi connectivity index (χ4n) is 1.88. The quantitative estimate of drug-likeness (QED) is 0.792. The predicted molar refractivity (Wildman–Crippen MR) is 73.2 cm³/mol. The second kappa shape index (κ2) is 5.41. The van der Waals surface area contributed by atoms with Crippen LogP contribution in [0.25, 0.3) is 11.1 Å². The van der Waals surface area contributed by atoms with Gasteiger partial charge in [0, 0.05) is 0 Å². The molecular formula is C15H16N2. The Bertz CT molecular complexity index is 491. The SMILES string of the molecule is C=NC(NC)c1cccc(-c2ccccc2)c1. The summed E-state index contributed by atoms with van der Waals surface area (Å²) in [4.78, 5) is 4.05. The standard InChI is InChI=1S/C15H16N2/c1-16-15(17-2)14-10-6-9-13(11-14)12-7-4-3-5-8-12/h3-11,15,17H,1H2,2H3. The van der Waals surface area contributed by atoms with Crippen molar-refractivity contribution in [2.24, 2.45) is 4.99 Å². The number of rotatable bonds is 4. The lowest BCUT2D eigenvalue weighted by Gasteiger charge is -2.12. The molecule has 2 aromatic carbocycles. The van der Waals surface area contributed by atoms with Crippen LogP contribution < -0.4 is 5.32 Å². The summed E-state index contributed by atoms with van der Waals surface area (Å²) in [6.07, 6.45) is -0.0429. The van der Waals surface area contributed by atoms with Gasteiger partial charge in [-0.15, -0.1) is 0 Å². The van der Waals surface area contributed by atoms with Crippen molar-refractivity contribution in [2.75, 3.05) is 7.05 Å². The van der Waals surface area contributed by atoms with Crippen molar-refractivity contribution in [1.29, 1.82) is 0 Å². The molecule has 2 rings (SSSR count). The molecule has 1 N–H and O–H groups in total. The fourth-order valence-corrected chi connectivity index (χ4v) is 1.88. The minimum absolute atomic E-state index is 0.0429. The molecule has 1 unspecified atom stereocenters. The maximum Gasteiger partial charge on any atom is 0.124 e. The normalized spacial score (nSPS) is 12.1. The minimum Gasteiger partial charge on any atom is -0.295 e. The first-order chi connectivity index (χ1) is 8.35. The summed E-state index contributed by atoms with van der Waals surface area (Å²) < 4.78 is 0. The fraction of sp³-hybridized carbons (Fsp3) is 0.133. The average Bonchev–Trinajstić information content (AvgIpc) is 2.42. The zero-order valence-electron chi connectivity index (χ0n) is 9.93. The van der Waals surface area contributed by atoms with Crippen LogP contribution in [0.1, 0.15) is 11.7 Å². The molecule has 0 aliphatic carbocycles. The van der Waals surface area contributed by atoms with Crippen LogP contribution in [0, 0.1) is 0 Å². The first kappa shape index (κ1) is 11.6. The molecule has 0 radical (unpaired) electrons. The van der Waals surface area contributed by atoms with Crippen LogP contribution in [-0.4, -0.2) is 13.8 Å². The van der Waals surface area contributed by atoms with E-state index < -0.39 is 0 Å². The molecule has 17 heavy (non-hydrogen) atoms. The Morgan fingerprint density at radius 2 is 1.71 bits per heavy atom. The molecule has 0 aliphatic heterocycles. The monoisotopic (exact) mass is 224 g/mol. The van der Waals surface area contributed by atoms with Crippen LogP contribution in [0.2, 0.25) is 0 Å². The third-order valence-corrected chi connectivity index (χ3v) is 2.77. The van der Waals surface area contributed by atoms with Gasteiger partial charge in [-0.05, 0) is 36.5 Å². The van der Waals surface area contributed by atoms with E-state index in [-0.39, 0.29) is 6.17 Å². The summed E-state index contributed by atoms with van der Waals surface area (Å²) in [7, 11) is 1.88. The lowest BCUT2D eigenvalue weighted by Crippen LogP contribution is -2.13. The van der Waals surface area contributed by atoms with E-state index in [1.165, 1.54) is 11.1 Å². The molecule has 1 atom stereocenters. The molecule has 2 heteroatoms. The average molecular weight is 224 g/mol. The van der Waals surface area contributed by atoms with Gasteiger partial charge in [0.05, 0.1) is 0 Å². The third kappa shape index (κ3) is 2.60. The number of hydrogen-bond acceptors (Lipinski definition) is 2. The van der Waals surface area contributed by atoms with E-state index in [4.69, 9.17) is 0 Å². The summed E-state index contributed by atoms with van der Waals surface area (Å²) in [5.41, 5.74) is 3.55. The molecule has 0 spiro atoms. The van der Waals surface area contributed by atoms with Crippen LogP contribution in [0.3, 0.4) is 0 Å². The topological polar surface area (TPSA) is 24.4 Å². The van der Waals surface area contributed by atoms with Gasteiger partial charge in [0.2, 0.25) is 0 Å². The molecule has 0 amide bonds. The van der Waals surface area contributed by atoms with Crippen molar-refractivity contribution in [2.45, 2.75) is 6.17 Å². The zero-order valence-corrected chi connectivity index (χ0v) is 9.93. The summed E-state index contributed by atoms with van der Waals surface area (Å²) in [6.45, 7) is 3.60. The van der Waals surface area contributed by atoms with E-state index in [0.29, 0.717) is 0 Å². The predicted octanol–water partition coefficient (Wildman–Crippen LogP) is 3.27. The van der Waals surface area contributed by atoms with Gasteiger partial charge in [-0.1, -0.05) is 48.5 Å². The van der Waals surface area contributed by atoms with Gasteiger partial charge < -0.3 is 0 Å². The van der Waals surface area contributed by atoms with Gasteiger partial charge in [0.25, 0.3) is 0 Å². The van der Waals surface area contributed by atoms with E-state index in [0.717, 1.165) is 5.56 Å². The second-order valence-electron chi connectivity index (χ2n) is 3.87. The van der Waals surface area contributed by atoms with Crippen LogP contribution in [-0.2, 0) is 0 Å². The summed E-state index contributed by atoms with van der Waals surface area (Å²) in [6, 6.07) is 18.7. The van der Waals surface area contributed by atoms with Crippen LogP contribution in [0.15, 0.2) is 59.6 Å². The van der Waals surface area contributed by atoms with Crippen molar-refractivity contribution < 1.29 is 0 Å². The lowest BCUT2D eigenvalue weighted by atomic mass is 10.0. The summed E-state index contributed by atoms with van der Waals surface area (Å²) in [5.74, 6) is 0. The minimum atomic E-state index is -0.0429. The van der Waals surface area contributed by atoms with Gasteiger partial charge in [-0.2, -0.15) is 0 Å². The Hall–Kier alpha value is -1.93. The van der Waals surface area contributed by atoms with E-state index in [2.05, 4.69) is 47.4 Å². The number of hydrogen-bond donors (Lipinski definition) is 1. The number of nitrogens with one attached hydrogen (secondary N) is 1. The molecule has 0 bridgehead atoms. The van der Waals surface area contributed by atoms with Gasteiger partial charge in [0.1, 0.15) is 6.17 Å². The molecule has 0 aliphatic rings. The van der Waals surface area contributed by atoms with Crippen LogP contribution in [0.4, 0.5) is 0 Å². The van der Waals surface area contributed by atoms with Crippen molar-refractivity contribution >= 4 is 6.72 Å². The molecule has 0 aromatic heterocycles. The highest BCUT2D eigenvalue weighted by Gasteiger charge is 2.06. The first-order valence-corrected chi connectivity index (χ1v) is 5.63. The first-order valence-electron chi connectivity index (χ1n) is 5.63. The van der Waals surface area contributed by atoms with Crippen LogP contribution >= 0.6 is 0 Å². The highest BCUT2D eigenvalue weighted by molar-refractivity contribution is 5.64. The number of benzene rings is 2. The summed E-state index contributed by atoms with van der Waals surface area (Å²) in [5, 5.41) is 3.12. The Balaban J connectivity index is 2.38. The van der Waals surface area contributed by atoms with Gasteiger partial charge in [-0.25, -0.2) is 0 Å². The van der Waals surface area contributed by atoms with Crippen molar-refractivity contribution in [3.05, 3.63) is 60.2 Å². The third-order valence-electron chi connectivity index (χ3n) is 2.77. The van der Waals surface area contributed by atoms with E-state index in [9.17, 15) is 0 Å². The molecule has 86 valence electrons. The molecular weight excluding hydrogens is 208 g/mol. The maximum atomic E-state index is 4.05. The van der Waals surface area contributed by atoms with Gasteiger partial charge in [0.15, 0.2) is 0 Å². The zero-order chi connectivity index (χ0) is 12.1. The number of nitrogens with zero attached hydrogens (tertiary/aromatic N) is 1. The van der Waals surface area contributed by atoms with Crippen molar-refractivity contribution in [3.8, 4) is 11.1 Å². The number of aliphatic imine (C=N–C) groups is 1. The molecule has 0 fully saturated rings. The van der Waals surface area contributed by atoms with Crippen molar-refractivity contribution in [1.82, 2.24) is 5.32 Å². The largest absolute Gasteiger partial charge is 0.295 e. The molecule has 2 nitrogen and oxygen atoms in total. The Morgan fingerprint density at radius 3 is 2.35 bits per heavy atom. The van der Waals surface area contributed by atoms with Gasteiger partial charge in [-0.3, -0.25) is 10.3 Å². The van der Waals surface area contributed by atoms with E-state index in [1.807, 2.05) is 31.3 Å². The molecule has 0 saturated heterocycles. The van der Waals surface area contributed by atoms with Gasteiger partial charge >= 0.3 is 0 Å². The Morgan fingerprint density at radius 1 is 1.00 bits per heavy atom. The maximum absolute atomic E-state index is 4.05. The molecule has 0 heterocycles. The Kier molecular flexibility index (Phi) is 3.68. The molecule has 2 aromatic rings. The lowest BCUT2D eigenvalue weighted by molar-refractivity contribution is 0.630. The highest BCUT2D eigenvalue weighted by atomic mass is 15.0. The van der Waals surface area contributed by atoms with Crippen LogP contribution in [0.5, 0.6) is 0 Å². The highest BCUT2D eigenvalue weighted by Crippen LogP contribution is 2.23. The molecule has 0 saturated carbocycles. The van der Waals surface area contributed by atoms with E-state index in [1.54, 1.807) is 0 Å². The van der Waals surface area contributed by atoms with Crippen molar-refractivity contribution in [3.63, 3.8) is 0 Å².